The van der Waals surface area contributed by atoms with Crippen molar-refractivity contribution in [1.82, 2.24) is 5.32 Å². The van der Waals surface area contributed by atoms with E-state index in [1.807, 2.05) is 0 Å². The number of nitrogens with one attached hydrogen (secondary N) is 1. The molecule has 106 valence electrons. The van der Waals surface area contributed by atoms with E-state index in [1.165, 1.54) is 15.4 Å². The molecule has 0 aromatic heterocycles. The van der Waals surface area contributed by atoms with E-state index in [4.69, 9.17) is 0 Å². The summed E-state index contributed by atoms with van der Waals surface area (Å²) < 4.78 is 2.23. The molecule has 0 aliphatic carbocycles. The third kappa shape index (κ3) is 4.92. The lowest BCUT2D eigenvalue weighted by Gasteiger charge is -2.13. The Balaban J connectivity index is 2.20. The number of rotatable bonds is 5. The largest absolute Gasteiger partial charge is 0.310 e. The molecule has 0 unspecified atom stereocenters. The van der Waals surface area contributed by atoms with Crippen molar-refractivity contribution in [2.45, 2.75) is 36.2 Å². The van der Waals surface area contributed by atoms with Crippen molar-refractivity contribution in [2.24, 2.45) is 0 Å². The standard InChI is InChI=1S/C16H17Br2NS/c1-11(2)19-10-12-3-4-14(18)9-16(12)20-15-7-5-13(17)6-8-15/h3-9,11,19H,10H2,1-2H3. The average molecular weight is 415 g/mol. The van der Waals surface area contributed by atoms with Crippen molar-refractivity contribution in [3.63, 3.8) is 0 Å². The van der Waals surface area contributed by atoms with Crippen LogP contribution in [0.4, 0.5) is 0 Å². The van der Waals surface area contributed by atoms with Gasteiger partial charge >= 0.3 is 0 Å². The summed E-state index contributed by atoms with van der Waals surface area (Å²) in [5, 5.41) is 3.48. The van der Waals surface area contributed by atoms with Crippen molar-refractivity contribution in [2.75, 3.05) is 0 Å². The zero-order valence-corrected chi connectivity index (χ0v) is 15.5. The van der Waals surface area contributed by atoms with Crippen molar-refractivity contribution in [3.05, 3.63) is 57.0 Å². The summed E-state index contributed by atoms with van der Waals surface area (Å²) in [6.45, 7) is 5.23. The van der Waals surface area contributed by atoms with Gasteiger partial charge in [-0.15, -0.1) is 0 Å². The molecule has 0 spiro atoms. The van der Waals surface area contributed by atoms with Crippen molar-refractivity contribution < 1.29 is 0 Å². The SMILES string of the molecule is CC(C)NCc1ccc(Br)cc1Sc1ccc(Br)cc1. The minimum atomic E-state index is 0.490. The Hall–Kier alpha value is -0.290. The molecule has 0 atom stereocenters. The molecule has 20 heavy (non-hydrogen) atoms. The molecule has 2 rings (SSSR count). The molecule has 0 aliphatic rings. The number of hydrogen-bond acceptors (Lipinski definition) is 2. The van der Waals surface area contributed by atoms with E-state index >= 15 is 0 Å². The van der Waals surface area contributed by atoms with Gasteiger partial charge in [0.2, 0.25) is 0 Å². The zero-order valence-electron chi connectivity index (χ0n) is 11.5. The maximum Gasteiger partial charge on any atom is 0.0219 e. The van der Waals surface area contributed by atoms with Crippen LogP contribution in [0.1, 0.15) is 19.4 Å². The highest BCUT2D eigenvalue weighted by molar-refractivity contribution is 9.10. The molecule has 4 heteroatoms. The normalized spacial score (nSPS) is 11.1. The van der Waals surface area contributed by atoms with Crippen LogP contribution in [0.2, 0.25) is 0 Å². The summed E-state index contributed by atoms with van der Waals surface area (Å²) in [7, 11) is 0. The van der Waals surface area contributed by atoms with E-state index in [1.54, 1.807) is 11.8 Å². The molecule has 1 N–H and O–H groups in total. The number of hydrogen-bond donors (Lipinski definition) is 1. The Kier molecular flexibility index (Phi) is 6.15. The molecule has 2 aromatic carbocycles. The van der Waals surface area contributed by atoms with Gasteiger partial charge in [-0.3, -0.25) is 0 Å². The lowest BCUT2D eigenvalue weighted by molar-refractivity contribution is 0.584. The van der Waals surface area contributed by atoms with Crippen molar-refractivity contribution in [3.8, 4) is 0 Å². The second-order valence-electron chi connectivity index (χ2n) is 4.84. The summed E-state index contributed by atoms with van der Waals surface area (Å²) in [6, 6.07) is 15.4. The van der Waals surface area contributed by atoms with Crippen molar-refractivity contribution >= 4 is 43.6 Å². The summed E-state index contributed by atoms with van der Waals surface area (Å²) in [5.41, 5.74) is 1.33. The summed E-state index contributed by atoms with van der Waals surface area (Å²) in [4.78, 5) is 2.53. The average Bonchev–Trinajstić information content (AvgIpc) is 2.40. The Morgan fingerprint density at radius 3 is 2.30 bits per heavy atom. The van der Waals surface area contributed by atoms with Crippen LogP contribution >= 0.6 is 43.6 Å². The van der Waals surface area contributed by atoms with Crippen LogP contribution in [0, 0.1) is 0 Å². The van der Waals surface area contributed by atoms with Gasteiger partial charge in [-0.05, 0) is 42.0 Å². The monoisotopic (exact) mass is 413 g/mol. The van der Waals surface area contributed by atoms with Gasteiger partial charge in [-0.25, -0.2) is 0 Å². The quantitative estimate of drug-likeness (QED) is 0.657. The number of benzene rings is 2. The molecule has 2 aromatic rings. The Bertz CT molecular complexity index is 567. The maximum absolute atomic E-state index is 3.56. The van der Waals surface area contributed by atoms with Crippen LogP contribution in [-0.2, 0) is 6.54 Å². The fourth-order valence-corrected chi connectivity index (χ4v) is 3.47. The first-order valence-corrected chi connectivity index (χ1v) is 8.90. The second-order valence-corrected chi connectivity index (χ2v) is 7.79. The molecule has 0 saturated carbocycles. The molecule has 0 radical (unpaired) electrons. The van der Waals surface area contributed by atoms with E-state index in [0.717, 1.165) is 15.5 Å². The minimum absolute atomic E-state index is 0.490. The third-order valence-corrected chi connectivity index (χ3v) is 4.90. The van der Waals surface area contributed by atoms with Crippen LogP contribution in [0.25, 0.3) is 0 Å². The lowest BCUT2D eigenvalue weighted by atomic mass is 10.2. The first-order chi connectivity index (χ1) is 9.54. The van der Waals surface area contributed by atoms with Gasteiger partial charge in [0.1, 0.15) is 0 Å². The van der Waals surface area contributed by atoms with Gasteiger partial charge in [-0.2, -0.15) is 0 Å². The predicted molar refractivity (Wildman–Crippen MR) is 94.4 cm³/mol. The van der Waals surface area contributed by atoms with E-state index in [-0.39, 0.29) is 0 Å². The fraction of sp³-hybridized carbons (Fsp3) is 0.250. The molecular weight excluding hydrogens is 398 g/mol. The predicted octanol–water partition coefficient (Wildman–Crippen LogP) is 5.86. The highest BCUT2D eigenvalue weighted by Crippen LogP contribution is 2.33. The maximum atomic E-state index is 3.56. The second kappa shape index (κ2) is 7.64. The van der Waals surface area contributed by atoms with Gasteiger partial charge in [0.15, 0.2) is 0 Å². The van der Waals surface area contributed by atoms with Crippen molar-refractivity contribution in [1.29, 1.82) is 0 Å². The highest BCUT2D eigenvalue weighted by Gasteiger charge is 2.06. The van der Waals surface area contributed by atoms with Gasteiger partial charge in [-0.1, -0.05) is 63.5 Å². The molecule has 0 bridgehead atoms. The van der Waals surface area contributed by atoms with Gasteiger partial charge in [0.05, 0.1) is 0 Å². The van der Waals surface area contributed by atoms with E-state index in [0.29, 0.717) is 6.04 Å². The smallest absolute Gasteiger partial charge is 0.0219 e. The molecule has 0 amide bonds. The topological polar surface area (TPSA) is 12.0 Å². The Morgan fingerprint density at radius 1 is 1.00 bits per heavy atom. The van der Waals surface area contributed by atoms with E-state index in [9.17, 15) is 0 Å². The lowest BCUT2D eigenvalue weighted by Crippen LogP contribution is -2.22. The van der Waals surface area contributed by atoms with Crippen LogP contribution in [0.15, 0.2) is 61.2 Å². The first-order valence-electron chi connectivity index (χ1n) is 6.50. The highest BCUT2D eigenvalue weighted by atomic mass is 79.9. The summed E-state index contributed by atoms with van der Waals surface area (Å²) in [5.74, 6) is 0. The Labute approximate surface area is 141 Å². The van der Waals surface area contributed by atoms with E-state index in [2.05, 4.69) is 93.5 Å². The molecule has 0 heterocycles. The van der Waals surface area contributed by atoms with Crippen LogP contribution in [0.5, 0.6) is 0 Å². The third-order valence-electron chi connectivity index (χ3n) is 2.77. The van der Waals surface area contributed by atoms with Crippen LogP contribution in [-0.4, -0.2) is 6.04 Å². The molecule has 0 saturated heterocycles. The summed E-state index contributed by atoms with van der Waals surface area (Å²) >= 11 is 8.83. The Morgan fingerprint density at radius 2 is 1.65 bits per heavy atom. The molecule has 0 fully saturated rings. The minimum Gasteiger partial charge on any atom is -0.310 e. The van der Waals surface area contributed by atoms with Gasteiger partial charge < -0.3 is 5.32 Å². The molecule has 1 nitrogen and oxygen atoms in total. The molecular formula is C16H17Br2NS. The van der Waals surface area contributed by atoms with Crippen LogP contribution < -0.4 is 5.32 Å². The molecule has 0 aliphatic heterocycles. The number of halogens is 2. The van der Waals surface area contributed by atoms with E-state index < -0.39 is 0 Å². The van der Waals surface area contributed by atoms with Gasteiger partial charge in [0, 0.05) is 31.3 Å². The first kappa shape index (κ1) is 16.1. The van der Waals surface area contributed by atoms with Gasteiger partial charge in [0.25, 0.3) is 0 Å². The van der Waals surface area contributed by atoms with Crippen LogP contribution in [0.3, 0.4) is 0 Å². The fourth-order valence-electron chi connectivity index (χ4n) is 1.71. The summed E-state index contributed by atoms with van der Waals surface area (Å²) in [6.07, 6.45) is 0. The zero-order chi connectivity index (χ0) is 14.5.